The summed E-state index contributed by atoms with van der Waals surface area (Å²) in [5.74, 6) is 0.565. The van der Waals surface area contributed by atoms with Crippen molar-refractivity contribution in [3.8, 4) is 0 Å². The SMILES string of the molecule is C=NC(/C=C(/C)N)=NC.CC. The van der Waals surface area contributed by atoms with Gasteiger partial charge < -0.3 is 5.73 Å². The van der Waals surface area contributed by atoms with Crippen molar-refractivity contribution in [1.82, 2.24) is 0 Å². The molecule has 0 aliphatic heterocycles. The molecule has 3 nitrogen and oxygen atoms in total. The van der Waals surface area contributed by atoms with E-state index in [1.807, 2.05) is 13.8 Å². The van der Waals surface area contributed by atoms with E-state index in [1.54, 1.807) is 20.0 Å². The number of amidine groups is 1. The van der Waals surface area contributed by atoms with Gasteiger partial charge in [0.1, 0.15) is 5.84 Å². The molecule has 0 aromatic carbocycles. The van der Waals surface area contributed by atoms with Gasteiger partial charge in [0.15, 0.2) is 0 Å². The molecule has 0 amide bonds. The van der Waals surface area contributed by atoms with Gasteiger partial charge in [-0.25, -0.2) is 4.99 Å². The number of hydrogen-bond acceptors (Lipinski definition) is 2. The smallest absolute Gasteiger partial charge is 0.147 e. The van der Waals surface area contributed by atoms with Gasteiger partial charge >= 0.3 is 0 Å². The van der Waals surface area contributed by atoms with Gasteiger partial charge in [-0.05, 0) is 13.6 Å². The van der Waals surface area contributed by atoms with Gasteiger partial charge in [0.05, 0.1) is 0 Å². The van der Waals surface area contributed by atoms with Crippen LogP contribution in [-0.4, -0.2) is 19.6 Å². The number of rotatable bonds is 1. The van der Waals surface area contributed by atoms with E-state index in [-0.39, 0.29) is 0 Å². The molecule has 2 N–H and O–H groups in total. The van der Waals surface area contributed by atoms with Crippen molar-refractivity contribution >= 4 is 12.6 Å². The molecule has 0 rings (SSSR count). The van der Waals surface area contributed by atoms with Crippen LogP contribution < -0.4 is 5.73 Å². The summed E-state index contributed by atoms with van der Waals surface area (Å²) < 4.78 is 0. The Bertz CT molecular complexity index is 153. The maximum atomic E-state index is 5.34. The van der Waals surface area contributed by atoms with Crippen LogP contribution in [0.3, 0.4) is 0 Å². The molecule has 11 heavy (non-hydrogen) atoms. The van der Waals surface area contributed by atoms with Crippen LogP contribution >= 0.6 is 0 Å². The second-order valence-electron chi connectivity index (χ2n) is 1.63. The second-order valence-corrected chi connectivity index (χ2v) is 1.63. The number of allylic oxidation sites excluding steroid dienone is 1. The van der Waals surface area contributed by atoms with E-state index in [9.17, 15) is 0 Å². The largest absolute Gasteiger partial charge is 0.402 e. The van der Waals surface area contributed by atoms with Crippen molar-refractivity contribution < 1.29 is 0 Å². The molecule has 0 bridgehead atoms. The Balaban J connectivity index is 0. The Morgan fingerprint density at radius 1 is 1.45 bits per heavy atom. The van der Waals surface area contributed by atoms with Crippen molar-refractivity contribution in [1.29, 1.82) is 0 Å². The molecule has 0 saturated carbocycles. The standard InChI is InChI=1S/C6H11N3.C2H6/c1-5(7)4-6(8-2)9-3;1-2/h4H,2,7H2,1,3H3;1-2H3/b5-4-,9-6?;. The Morgan fingerprint density at radius 3 is 2.00 bits per heavy atom. The molecule has 0 aliphatic rings. The van der Waals surface area contributed by atoms with Crippen molar-refractivity contribution in [3.63, 3.8) is 0 Å². The number of aliphatic imine (C=N–C) groups is 2. The summed E-state index contributed by atoms with van der Waals surface area (Å²) >= 11 is 0. The van der Waals surface area contributed by atoms with Gasteiger partial charge in [-0.2, -0.15) is 0 Å². The fraction of sp³-hybridized carbons (Fsp3) is 0.500. The molecule has 0 atom stereocenters. The van der Waals surface area contributed by atoms with Gasteiger partial charge in [0.25, 0.3) is 0 Å². The molecule has 3 heteroatoms. The van der Waals surface area contributed by atoms with Gasteiger partial charge in [-0.3, -0.25) is 4.99 Å². The van der Waals surface area contributed by atoms with Gasteiger partial charge in [-0.1, -0.05) is 13.8 Å². The van der Waals surface area contributed by atoms with E-state index in [0.29, 0.717) is 11.5 Å². The average Bonchev–Trinajstić information content (AvgIpc) is 2.03. The van der Waals surface area contributed by atoms with E-state index >= 15 is 0 Å². The van der Waals surface area contributed by atoms with Crippen LogP contribution in [0, 0.1) is 0 Å². The monoisotopic (exact) mass is 155 g/mol. The first-order valence-corrected chi connectivity index (χ1v) is 3.58. The van der Waals surface area contributed by atoms with Crippen LogP contribution in [0.5, 0.6) is 0 Å². The Hall–Kier alpha value is -1.12. The first-order valence-electron chi connectivity index (χ1n) is 3.58. The lowest BCUT2D eigenvalue weighted by molar-refractivity contribution is 1.31. The van der Waals surface area contributed by atoms with Crippen LogP contribution in [0.25, 0.3) is 0 Å². The van der Waals surface area contributed by atoms with Crippen LogP contribution in [0.4, 0.5) is 0 Å². The fourth-order valence-corrected chi connectivity index (χ4v) is 0.385. The number of hydrogen-bond donors (Lipinski definition) is 1. The highest BCUT2D eigenvalue weighted by atomic mass is 14.9. The van der Waals surface area contributed by atoms with Crippen LogP contribution in [0.15, 0.2) is 21.8 Å². The minimum Gasteiger partial charge on any atom is -0.402 e. The minimum absolute atomic E-state index is 0.565. The van der Waals surface area contributed by atoms with Crippen molar-refractivity contribution in [3.05, 3.63) is 11.8 Å². The van der Waals surface area contributed by atoms with Crippen molar-refractivity contribution in [2.75, 3.05) is 7.05 Å². The third-order valence-electron chi connectivity index (χ3n) is 0.748. The van der Waals surface area contributed by atoms with Crippen LogP contribution in [-0.2, 0) is 0 Å². The average molecular weight is 155 g/mol. The third kappa shape index (κ3) is 8.88. The maximum Gasteiger partial charge on any atom is 0.147 e. The van der Waals surface area contributed by atoms with Gasteiger partial charge in [0.2, 0.25) is 0 Å². The zero-order valence-corrected chi connectivity index (χ0v) is 7.76. The molecule has 0 spiro atoms. The molecule has 0 radical (unpaired) electrons. The molecular weight excluding hydrogens is 138 g/mol. The molecule has 0 heterocycles. The topological polar surface area (TPSA) is 50.7 Å². The summed E-state index contributed by atoms with van der Waals surface area (Å²) in [4.78, 5) is 7.37. The lowest BCUT2D eigenvalue weighted by atomic mass is 10.4. The van der Waals surface area contributed by atoms with Crippen LogP contribution in [0.1, 0.15) is 20.8 Å². The maximum absolute atomic E-state index is 5.34. The molecule has 0 aliphatic carbocycles. The van der Waals surface area contributed by atoms with Gasteiger partial charge in [-0.15, -0.1) is 0 Å². The molecule has 0 aromatic heterocycles. The highest BCUT2D eigenvalue weighted by Crippen LogP contribution is 1.84. The number of nitrogens with zero attached hydrogens (tertiary/aromatic N) is 2. The highest BCUT2D eigenvalue weighted by molar-refractivity contribution is 5.96. The third-order valence-corrected chi connectivity index (χ3v) is 0.748. The lowest BCUT2D eigenvalue weighted by Crippen LogP contribution is -1.95. The molecule has 0 aromatic rings. The summed E-state index contributed by atoms with van der Waals surface area (Å²) in [7, 11) is 1.64. The summed E-state index contributed by atoms with van der Waals surface area (Å²) in [6, 6.07) is 0. The quantitative estimate of drug-likeness (QED) is 0.454. The predicted octanol–water partition coefficient (Wildman–Crippen LogP) is 1.60. The van der Waals surface area contributed by atoms with E-state index in [0.717, 1.165) is 0 Å². The van der Waals surface area contributed by atoms with E-state index in [1.165, 1.54) is 0 Å². The summed E-state index contributed by atoms with van der Waals surface area (Å²) in [6.45, 7) is 9.08. The highest BCUT2D eigenvalue weighted by Gasteiger charge is 1.84. The second kappa shape index (κ2) is 8.88. The fourth-order valence-electron chi connectivity index (χ4n) is 0.385. The van der Waals surface area contributed by atoms with Gasteiger partial charge in [0, 0.05) is 18.8 Å². The molecule has 0 saturated heterocycles. The zero-order valence-electron chi connectivity index (χ0n) is 7.76. The van der Waals surface area contributed by atoms with E-state index in [4.69, 9.17) is 5.73 Å². The van der Waals surface area contributed by atoms with Crippen molar-refractivity contribution in [2.24, 2.45) is 15.7 Å². The Morgan fingerprint density at radius 2 is 1.91 bits per heavy atom. The summed E-state index contributed by atoms with van der Waals surface area (Å²) in [5, 5.41) is 0. The van der Waals surface area contributed by atoms with E-state index < -0.39 is 0 Å². The number of nitrogens with two attached hydrogens (primary N) is 1. The van der Waals surface area contributed by atoms with Crippen molar-refractivity contribution in [2.45, 2.75) is 20.8 Å². The van der Waals surface area contributed by atoms with Crippen LogP contribution in [0.2, 0.25) is 0 Å². The summed E-state index contributed by atoms with van der Waals surface area (Å²) in [6.07, 6.45) is 1.66. The molecule has 0 fully saturated rings. The Labute approximate surface area is 68.7 Å². The molecule has 64 valence electrons. The zero-order chi connectivity index (χ0) is 9.28. The minimum atomic E-state index is 0.565. The normalized spacial score (nSPS) is 11.6. The van der Waals surface area contributed by atoms with E-state index in [2.05, 4.69) is 16.7 Å². The predicted molar refractivity (Wildman–Crippen MR) is 52.2 cm³/mol. The first kappa shape index (κ1) is 12.5. The summed E-state index contributed by atoms with van der Waals surface area (Å²) in [5.41, 5.74) is 6.02. The first-order chi connectivity index (χ1) is 5.20. The molecule has 0 unspecified atom stereocenters. The Kier molecular flexibility index (Phi) is 10.1. The molecular formula is C8H17N3. The lowest BCUT2D eigenvalue weighted by Gasteiger charge is -1.89.